The first-order valence-corrected chi connectivity index (χ1v) is 10.7. The summed E-state index contributed by atoms with van der Waals surface area (Å²) in [5.41, 5.74) is 2.40. The summed E-state index contributed by atoms with van der Waals surface area (Å²) in [7, 11) is 0. The van der Waals surface area contributed by atoms with E-state index >= 15 is 0 Å². The molecular formula is C23H25ClN2O4. The maximum Gasteiger partial charge on any atom is 0.251 e. The number of aryl methyl sites for hydroxylation is 1. The van der Waals surface area contributed by atoms with E-state index < -0.39 is 0 Å². The Morgan fingerprint density at radius 3 is 2.77 bits per heavy atom. The van der Waals surface area contributed by atoms with Crippen molar-refractivity contribution in [2.75, 3.05) is 25.1 Å². The van der Waals surface area contributed by atoms with E-state index in [0.29, 0.717) is 49.1 Å². The molecule has 2 amide bonds. The highest BCUT2D eigenvalue weighted by atomic mass is 35.5. The molecule has 1 unspecified atom stereocenters. The smallest absolute Gasteiger partial charge is 0.251 e. The molecule has 158 valence electrons. The van der Waals surface area contributed by atoms with Crippen molar-refractivity contribution in [2.45, 2.75) is 31.8 Å². The highest BCUT2D eigenvalue weighted by molar-refractivity contribution is 6.30. The van der Waals surface area contributed by atoms with Crippen molar-refractivity contribution in [3.8, 4) is 5.75 Å². The molecule has 2 aliphatic heterocycles. The summed E-state index contributed by atoms with van der Waals surface area (Å²) in [6.45, 7) is 1.70. The van der Waals surface area contributed by atoms with Crippen LogP contribution in [0.1, 0.15) is 35.2 Å². The minimum atomic E-state index is -0.119. The monoisotopic (exact) mass is 428 g/mol. The number of rotatable bonds is 6. The molecule has 2 aromatic carbocycles. The average molecular weight is 429 g/mol. The van der Waals surface area contributed by atoms with Crippen molar-refractivity contribution in [3.63, 3.8) is 0 Å². The highest BCUT2D eigenvalue weighted by Crippen LogP contribution is 2.24. The van der Waals surface area contributed by atoms with Crippen LogP contribution >= 0.6 is 11.6 Å². The summed E-state index contributed by atoms with van der Waals surface area (Å²) in [5, 5.41) is 6.49. The van der Waals surface area contributed by atoms with Gasteiger partial charge in [0.2, 0.25) is 5.91 Å². The summed E-state index contributed by atoms with van der Waals surface area (Å²) in [4.78, 5) is 24.0. The Hall–Kier alpha value is -2.57. The molecule has 6 nitrogen and oxygen atoms in total. The van der Waals surface area contributed by atoms with E-state index in [1.807, 2.05) is 30.3 Å². The fourth-order valence-corrected chi connectivity index (χ4v) is 3.86. The van der Waals surface area contributed by atoms with Gasteiger partial charge in [-0.3, -0.25) is 9.59 Å². The van der Waals surface area contributed by atoms with Gasteiger partial charge >= 0.3 is 0 Å². The number of ether oxygens (including phenoxy) is 2. The lowest BCUT2D eigenvalue weighted by Crippen LogP contribution is -2.38. The SMILES string of the molecule is O=C1CCc2cc(C(=O)NCC3CC[C@@H](COc4ccc(Cl)cc4)CO3)ccc2N1. The molecule has 2 heterocycles. The lowest BCUT2D eigenvalue weighted by Gasteiger charge is -2.29. The first kappa shape index (κ1) is 20.7. The number of halogens is 1. The second-order valence-electron chi connectivity index (χ2n) is 7.79. The highest BCUT2D eigenvalue weighted by Gasteiger charge is 2.23. The van der Waals surface area contributed by atoms with Crippen LogP contribution in [0.2, 0.25) is 5.02 Å². The van der Waals surface area contributed by atoms with Gasteiger partial charge in [-0.2, -0.15) is 0 Å². The molecule has 2 N–H and O–H groups in total. The van der Waals surface area contributed by atoms with E-state index in [1.165, 1.54) is 0 Å². The summed E-state index contributed by atoms with van der Waals surface area (Å²) in [6, 6.07) is 12.7. The number of benzene rings is 2. The van der Waals surface area contributed by atoms with Crippen LogP contribution in [0.15, 0.2) is 42.5 Å². The Bertz CT molecular complexity index is 908. The number of carbonyl (C=O) groups is 2. The molecule has 0 saturated carbocycles. The van der Waals surface area contributed by atoms with Gasteiger partial charge < -0.3 is 20.1 Å². The van der Waals surface area contributed by atoms with E-state index in [4.69, 9.17) is 21.1 Å². The normalized spacial score (nSPS) is 20.8. The third kappa shape index (κ3) is 5.32. The van der Waals surface area contributed by atoms with Crippen molar-refractivity contribution < 1.29 is 19.1 Å². The zero-order chi connectivity index (χ0) is 20.9. The van der Waals surface area contributed by atoms with Gasteiger partial charge in [0.15, 0.2) is 0 Å². The van der Waals surface area contributed by atoms with Crippen LogP contribution in [0, 0.1) is 5.92 Å². The summed E-state index contributed by atoms with van der Waals surface area (Å²) >= 11 is 5.88. The molecule has 4 rings (SSSR count). The van der Waals surface area contributed by atoms with Crippen LogP contribution in [-0.2, 0) is 16.0 Å². The van der Waals surface area contributed by atoms with Crippen molar-refractivity contribution in [3.05, 3.63) is 58.6 Å². The van der Waals surface area contributed by atoms with Crippen LogP contribution < -0.4 is 15.4 Å². The number of fused-ring (bicyclic) bond motifs is 1. The van der Waals surface area contributed by atoms with Gasteiger partial charge in [-0.05, 0) is 67.3 Å². The Morgan fingerprint density at radius 1 is 1.17 bits per heavy atom. The summed E-state index contributed by atoms with van der Waals surface area (Å²) < 4.78 is 11.7. The zero-order valence-electron chi connectivity index (χ0n) is 16.7. The number of amides is 2. The van der Waals surface area contributed by atoms with Crippen molar-refractivity contribution in [1.82, 2.24) is 5.32 Å². The summed E-state index contributed by atoms with van der Waals surface area (Å²) in [6.07, 6.45) is 3.00. The van der Waals surface area contributed by atoms with Crippen molar-refractivity contribution >= 4 is 29.1 Å². The molecule has 0 aliphatic carbocycles. The Balaban J connectivity index is 1.19. The third-order valence-electron chi connectivity index (χ3n) is 5.52. The number of carbonyl (C=O) groups excluding carboxylic acids is 2. The lowest BCUT2D eigenvalue weighted by molar-refractivity contribution is -0.116. The summed E-state index contributed by atoms with van der Waals surface area (Å²) in [5.74, 6) is 1.04. The zero-order valence-corrected chi connectivity index (χ0v) is 17.4. The minimum Gasteiger partial charge on any atom is -0.493 e. The topological polar surface area (TPSA) is 76.7 Å². The minimum absolute atomic E-state index is 0.0117. The van der Waals surface area contributed by atoms with Gasteiger partial charge in [-0.1, -0.05) is 11.6 Å². The average Bonchev–Trinajstić information content (AvgIpc) is 2.77. The fourth-order valence-electron chi connectivity index (χ4n) is 3.73. The first-order valence-electron chi connectivity index (χ1n) is 10.3. The van der Waals surface area contributed by atoms with Gasteiger partial charge in [0.25, 0.3) is 5.91 Å². The first-order chi connectivity index (χ1) is 14.6. The second-order valence-corrected chi connectivity index (χ2v) is 8.23. The van der Waals surface area contributed by atoms with E-state index in [0.717, 1.165) is 29.8 Å². The number of hydrogen-bond donors (Lipinski definition) is 2. The van der Waals surface area contributed by atoms with Gasteiger partial charge in [0, 0.05) is 35.2 Å². The molecule has 1 saturated heterocycles. The Morgan fingerprint density at radius 2 is 2.00 bits per heavy atom. The Labute approximate surface area is 180 Å². The Kier molecular flexibility index (Phi) is 6.55. The van der Waals surface area contributed by atoms with E-state index in [-0.39, 0.29) is 17.9 Å². The number of anilines is 1. The van der Waals surface area contributed by atoms with Crippen molar-refractivity contribution in [1.29, 1.82) is 0 Å². The standard InChI is InChI=1S/C23H25ClN2O4/c24-18-4-7-19(8-5-18)29-13-15-1-6-20(30-14-15)12-25-23(28)17-2-9-21-16(11-17)3-10-22(27)26-21/h2,4-5,7-9,11,15,20H,1,3,6,10,12-14H2,(H,25,28)(H,26,27)/t15-,20?/m0/s1. The quantitative estimate of drug-likeness (QED) is 0.733. The lowest BCUT2D eigenvalue weighted by atomic mass is 9.98. The maximum absolute atomic E-state index is 12.5. The number of hydrogen-bond acceptors (Lipinski definition) is 4. The third-order valence-corrected chi connectivity index (χ3v) is 5.77. The molecule has 7 heteroatoms. The molecule has 0 bridgehead atoms. The molecule has 0 spiro atoms. The van der Waals surface area contributed by atoms with E-state index in [9.17, 15) is 9.59 Å². The van der Waals surface area contributed by atoms with Crippen LogP contribution in [0.4, 0.5) is 5.69 Å². The molecule has 2 aliphatic rings. The largest absolute Gasteiger partial charge is 0.493 e. The predicted octanol–water partition coefficient (Wildman–Crippen LogP) is 3.83. The van der Waals surface area contributed by atoms with Gasteiger partial charge in [0.05, 0.1) is 19.3 Å². The molecular weight excluding hydrogens is 404 g/mol. The van der Waals surface area contributed by atoms with E-state index in [2.05, 4.69) is 10.6 Å². The van der Waals surface area contributed by atoms with Crippen LogP contribution in [0.5, 0.6) is 5.75 Å². The molecule has 1 fully saturated rings. The van der Waals surface area contributed by atoms with Gasteiger partial charge in [-0.25, -0.2) is 0 Å². The number of nitrogens with one attached hydrogen (secondary N) is 2. The van der Waals surface area contributed by atoms with E-state index in [1.54, 1.807) is 12.1 Å². The van der Waals surface area contributed by atoms with Crippen LogP contribution in [0.25, 0.3) is 0 Å². The molecule has 2 aromatic rings. The molecule has 0 radical (unpaired) electrons. The van der Waals surface area contributed by atoms with Crippen molar-refractivity contribution in [2.24, 2.45) is 5.92 Å². The molecule has 30 heavy (non-hydrogen) atoms. The fraction of sp³-hybridized carbons (Fsp3) is 0.391. The van der Waals surface area contributed by atoms with Gasteiger partial charge in [-0.15, -0.1) is 0 Å². The van der Waals surface area contributed by atoms with Crippen LogP contribution in [-0.4, -0.2) is 37.7 Å². The second kappa shape index (κ2) is 9.49. The van der Waals surface area contributed by atoms with Crippen LogP contribution in [0.3, 0.4) is 0 Å². The molecule has 2 atom stereocenters. The maximum atomic E-state index is 12.5. The molecule has 0 aromatic heterocycles. The predicted molar refractivity (Wildman–Crippen MR) is 115 cm³/mol. The van der Waals surface area contributed by atoms with Gasteiger partial charge in [0.1, 0.15) is 5.75 Å².